The number of Topliss-reactive ketones (excluding diaryl/α,β-unsaturated/α-hetero) is 1. The Morgan fingerprint density at radius 1 is 1.36 bits per heavy atom. The quantitative estimate of drug-likeness (QED) is 0.798. The van der Waals surface area contributed by atoms with Crippen LogP contribution in [0.1, 0.15) is 39.7 Å². The summed E-state index contributed by atoms with van der Waals surface area (Å²) < 4.78 is 21.6. The number of fused-ring (bicyclic) bond motifs is 2. The number of aryl methyl sites for hydroxylation is 1. The van der Waals surface area contributed by atoms with E-state index in [1.165, 1.54) is 13.0 Å². The van der Waals surface area contributed by atoms with E-state index in [9.17, 15) is 14.7 Å². The van der Waals surface area contributed by atoms with Crippen molar-refractivity contribution in [2.45, 2.75) is 25.8 Å². The molecular formula is C20H21NO7. The van der Waals surface area contributed by atoms with Gasteiger partial charge in [0.1, 0.15) is 17.1 Å². The van der Waals surface area contributed by atoms with Crippen LogP contribution in [-0.4, -0.2) is 43.3 Å². The molecule has 4 rings (SSSR count). The summed E-state index contributed by atoms with van der Waals surface area (Å²) in [6.45, 7) is 2.38. The Balaban J connectivity index is 1.76. The molecule has 0 radical (unpaired) electrons. The first kappa shape index (κ1) is 18.4. The third kappa shape index (κ3) is 2.90. The van der Waals surface area contributed by atoms with Crippen molar-refractivity contribution in [3.05, 3.63) is 45.0 Å². The van der Waals surface area contributed by atoms with Crippen LogP contribution in [0.3, 0.4) is 0 Å². The standard InChI is InChI=1S/C20H21NO7/c1-10-6-13(22)17(20(24)28-10)14(23)8-12-16-11(4-5-21(12)2)7-15-18(19(16)25-3)27-9-26-15/h6-7,12,22H,4-5,8-9H2,1-3H3/t12-/m0/s1. The van der Waals surface area contributed by atoms with E-state index in [-0.39, 0.29) is 36.3 Å². The van der Waals surface area contributed by atoms with Gasteiger partial charge in [-0.3, -0.25) is 9.69 Å². The first-order chi connectivity index (χ1) is 13.4. The van der Waals surface area contributed by atoms with Gasteiger partial charge in [-0.05, 0) is 32.0 Å². The molecule has 0 unspecified atom stereocenters. The molecule has 8 nitrogen and oxygen atoms in total. The van der Waals surface area contributed by atoms with E-state index >= 15 is 0 Å². The van der Waals surface area contributed by atoms with E-state index in [2.05, 4.69) is 0 Å². The maximum atomic E-state index is 12.9. The Labute approximate surface area is 161 Å². The lowest BCUT2D eigenvalue weighted by Gasteiger charge is -2.35. The van der Waals surface area contributed by atoms with Gasteiger partial charge >= 0.3 is 5.63 Å². The SMILES string of the molecule is COc1c2c(cc3c1[C@H](CC(=O)c1c(O)cc(C)oc1=O)N(C)CC3)OCO2. The molecular weight excluding hydrogens is 366 g/mol. The Kier molecular flexibility index (Phi) is 4.50. The van der Waals surface area contributed by atoms with Gasteiger partial charge < -0.3 is 23.7 Å². The molecule has 28 heavy (non-hydrogen) atoms. The highest BCUT2D eigenvalue weighted by atomic mass is 16.7. The van der Waals surface area contributed by atoms with Gasteiger partial charge in [-0.15, -0.1) is 0 Å². The van der Waals surface area contributed by atoms with Gasteiger partial charge in [0, 0.05) is 30.6 Å². The molecule has 0 spiro atoms. The smallest absolute Gasteiger partial charge is 0.350 e. The van der Waals surface area contributed by atoms with Crippen LogP contribution < -0.4 is 19.8 Å². The third-order valence-electron chi connectivity index (χ3n) is 5.26. The number of benzene rings is 1. The summed E-state index contributed by atoms with van der Waals surface area (Å²) in [4.78, 5) is 27.1. The molecule has 0 aliphatic carbocycles. The van der Waals surface area contributed by atoms with Crippen molar-refractivity contribution in [3.8, 4) is 23.0 Å². The van der Waals surface area contributed by atoms with Crippen molar-refractivity contribution in [2.24, 2.45) is 0 Å². The number of hydrogen-bond acceptors (Lipinski definition) is 8. The average Bonchev–Trinajstić information content (AvgIpc) is 3.09. The maximum absolute atomic E-state index is 12.9. The highest BCUT2D eigenvalue weighted by Crippen LogP contribution is 2.50. The van der Waals surface area contributed by atoms with Gasteiger partial charge in [0.15, 0.2) is 17.3 Å². The summed E-state index contributed by atoms with van der Waals surface area (Å²) in [6.07, 6.45) is 0.752. The molecule has 3 heterocycles. The number of carbonyl (C=O) groups excluding carboxylic acids is 1. The van der Waals surface area contributed by atoms with Gasteiger partial charge in [-0.2, -0.15) is 0 Å². The molecule has 0 amide bonds. The van der Waals surface area contributed by atoms with Crippen molar-refractivity contribution in [1.82, 2.24) is 4.90 Å². The largest absolute Gasteiger partial charge is 0.507 e. The molecule has 0 saturated carbocycles. The first-order valence-corrected chi connectivity index (χ1v) is 8.97. The molecule has 1 aromatic carbocycles. The van der Waals surface area contributed by atoms with E-state index in [1.54, 1.807) is 7.11 Å². The lowest BCUT2D eigenvalue weighted by atomic mass is 9.87. The molecule has 1 aromatic heterocycles. The molecule has 0 bridgehead atoms. The van der Waals surface area contributed by atoms with E-state index < -0.39 is 11.4 Å². The number of carbonyl (C=O) groups is 1. The van der Waals surface area contributed by atoms with Gasteiger partial charge in [0.2, 0.25) is 12.5 Å². The topological polar surface area (TPSA) is 98.4 Å². The number of nitrogens with zero attached hydrogens (tertiary/aromatic N) is 1. The zero-order chi connectivity index (χ0) is 20.0. The van der Waals surface area contributed by atoms with E-state index in [0.29, 0.717) is 17.2 Å². The molecule has 2 aliphatic rings. The van der Waals surface area contributed by atoms with Crippen molar-refractivity contribution >= 4 is 5.78 Å². The third-order valence-corrected chi connectivity index (χ3v) is 5.26. The molecule has 0 fully saturated rings. The summed E-state index contributed by atoms with van der Waals surface area (Å²) in [7, 11) is 3.45. The molecule has 148 valence electrons. The predicted molar refractivity (Wildman–Crippen MR) is 98.5 cm³/mol. The summed E-state index contributed by atoms with van der Waals surface area (Å²) in [5, 5.41) is 10.1. The number of hydrogen-bond donors (Lipinski definition) is 1. The fourth-order valence-corrected chi connectivity index (χ4v) is 3.91. The van der Waals surface area contributed by atoms with Gasteiger partial charge in [-0.25, -0.2) is 4.79 Å². The monoisotopic (exact) mass is 387 g/mol. The van der Waals surface area contributed by atoms with Crippen LogP contribution in [0.2, 0.25) is 0 Å². The second-order valence-corrected chi connectivity index (χ2v) is 6.99. The van der Waals surface area contributed by atoms with Gasteiger partial charge in [-0.1, -0.05) is 0 Å². The fourth-order valence-electron chi connectivity index (χ4n) is 3.91. The Bertz CT molecular complexity index is 1010. The molecule has 1 atom stereocenters. The zero-order valence-corrected chi connectivity index (χ0v) is 15.9. The summed E-state index contributed by atoms with van der Waals surface area (Å²) in [6, 6.07) is 2.84. The number of methoxy groups -OCH3 is 1. The minimum absolute atomic E-state index is 0.0130. The maximum Gasteiger partial charge on any atom is 0.350 e. The van der Waals surface area contributed by atoms with Crippen LogP contribution in [0.15, 0.2) is 21.3 Å². The highest BCUT2D eigenvalue weighted by Gasteiger charge is 2.36. The van der Waals surface area contributed by atoms with Gasteiger partial charge in [0.05, 0.1) is 7.11 Å². The van der Waals surface area contributed by atoms with Crippen molar-refractivity contribution in [2.75, 3.05) is 27.5 Å². The number of ketones is 1. The summed E-state index contributed by atoms with van der Waals surface area (Å²) in [5.74, 6) is 1.07. The Hall–Kier alpha value is -3.00. The Morgan fingerprint density at radius 3 is 2.86 bits per heavy atom. The minimum atomic E-state index is -0.834. The lowest BCUT2D eigenvalue weighted by molar-refractivity contribution is 0.0918. The predicted octanol–water partition coefficient (Wildman–Crippen LogP) is 2.19. The second kappa shape index (κ2) is 6.87. The number of rotatable bonds is 4. The van der Waals surface area contributed by atoms with E-state index in [1.807, 2.05) is 18.0 Å². The first-order valence-electron chi connectivity index (χ1n) is 8.97. The van der Waals surface area contributed by atoms with Crippen LogP contribution >= 0.6 is 0 Å². The molecule has 8 heteroatoms. The fraction of sp³-hybridized carbons (Fsp3) is 0.400. The van der Waals surface area contributed by atoms with Crippen molar-refractivity contribution in [1.29, 1.82) is 0 Å². The summed E-state index contributed by atoms with van der Waals surface area (Å²) >= 11 is 0. The normalized spacial score (nSPS) is 18.0. The molecule has 0 saturated heterocycles. The zero-order valence-electron chi connectivity index (χ0n) is 15.9. The Morgan fingerprint density at radius 2 is 2.14 bits per heavy atom. The van der Waals surface area contributed by atoms with Crippen LogP contribution in [0.5, 0.6) is 23.0 Å². The average molecular weight is 387 g/mol. The molecule has 2 aromatic rings. The molecule has 1 N–H and O–H groups in total. The van der Waals surface area contributed by atoms with Crippen molar-refractivity contribution < 1.29 is 28.5 Å². The van der Waals surface area contributed by atoms with Crippen LogP contribution in [0.25, 0.3) is 0 Å². The van der Waals surface area contributed by atoms with E-state index in [4.69, 9.17) is 18.6 Å². The minimum Gasteiger partial charge on any atom is -0.507 e. The number of aromatic hydroxyl groups is 1. The number of likely N-dealkylation sites (N-methyl/N-ethyl adjacent to an activating group) is 1. The van der Waals surface area contributed by atoms with Crippen LogP contribution in [0, 0.1) is 6.92 Å². The number of ether oxygens (including phenoxy) is 3. The molecule has 2 aliphatic heterocycles. The van der Waals surface area contributed by atoms with Crippen LogP contribution in [-0.2, 0) is 6.42 Å². The highest BCUT2D eigenvalue weighted by molar-refractivity contribution is 5.98. The van der Waals surface area contributed by atoms with Crippen LogP contribution in [0.4, 0.5) is 0 Å². The van der Waals surface area contributed by atoms with Crippen molar-refractivity contribution in [3.63, 3.8) is 0 Å². The lowest BCUT2D eigenvalue weighted by Crippen LogP contribution is -2.34. The second-order valence-electron chi connectivity index (χ2n) is 6.99. The van der Waals surface area contributed by atoms with Gasteiger partial charge in [0.25, 0.3) is 0 Å². The summed E-state index contributed by atoms with van der Waals surface area (Å²) in [5.41, 5.74) is 0.687. The van der Waals surface area contributed by atoms with E-state index in [0.717, 1.165) is 24.1 Å².